The van der Waals surface area contributed by atoms with Crippen LogP contribution in [0.25, 0.3) is 10.8 Å². The number of pyridine rings is 1. The summed E-state index contributed by atoms with van der Waals surface area (Å²) in [5.74, 6) is -2.81. The minimum Gasteiger partial charge on any atom is -0.465 e. The summed E-state index contributed by atoms with van der Waals surface area (Å²) >= 11 is 0. The molecule has 124 valence electrons. The Morgan fingerprint density at radius 2 is 1.87 bits per heavy atom. The third-order valence-electron chi connectivity index (χ3n) is 2.70. The number of esters is 1. The Labute approximate surface area is 126 Å². The van der Waals surface area contributed by atoms with Crippen LogP contribution >= 0.6 is 0 Å². The molecule has 0 atom stereocenters. The number of fused-ring (bicyclic) bond motifs is 1. The van der Waals surface area contributed by atoms with E-state index in [1.165, 1.54) is 0 Å². The average molecular weight is 353 g/mol. The summed E-state index contributed by atoms with van der Waals surface area (Å²) in [5, 5.41) is -0.708. The van der Waals surface area contributed by atoms with E-state index in [9.17, 15) is 30.8 Å². The van der Waals surface area contributed by atoms with E-state index in [1.807, 2.05) is 0 Å². The lowest BCUT2D eigenvalue weighted by Gasteiger charge is -2.11. The van der Waals surface area contributed by atoms with Crippen LogP contribution in [0.2, 0.25) is 0 Å². The van der Waals surface area contributed by atoms with Gasteiger partial charge >= 0.3 is 21.6 Å². The van der Waals surface area contributed by atoms with E-state index in [0.717, 1.165) is 25.3 Å². The van der Waals surface area contributed by atoms with Crippen molar-refractivity contribution in [3.05, 3.63) is 35.8 Å². The summed E-state index contributed by atoms with van der Waals surface area (Å²) in [6, 6.07) is 3.13. The van der Waals surface area contributed by atoms with Gasteiger partial charge in [0.15, 0.2) is 0 Å². The maximum atomic E-state index is 13.6. The zero-order valence-electron chi connectivity index (χ0n) is 11.2. The van der Waals surface area contributed by atoms with Crippen molar-refractivity contribution in [3.63, 3.8) is 0 Å². The smallest absolute Gasteiger partial charge is 0.465 e. The van der Waals surface area contributed by atoms with Crippen LogP contribution in [0.5, 0.6) is 5.88 Å². The van der Waals surface area contributed by atoms with E-state index in [0.29, 0.717) is 6.20 Å². The standard InChI is InChI=1S/C12H7F4NO5S/c1-21-11(18)6-2-3-7-8(4-6)10(17-5-9(7)13)22-23(19,20)12(14,15)16/h2-5H,1H3. The van der Waals surface area contributed by atoms with Crippen LogP contribution in [0.1, 0.15) is 10.4 Å². The van der Waals surface area contributed by atoms with Gasteiger partial charge in [0.1, 0.15) is 5.82 Å². The number of halogens is 4. The topological polar surface area (TPSA) is 82.6 Å². The van der Waals surface area contributed by atoms with Gasteiger partial charge in [-0.05, 0) is 12.1 Å². The maximum absolute atomic E-state index is 13.6. The van der Waals surface area contributed by atoms with Crippen LogP contribution in [-0.4, -0.2) is 32.0 Å². The molecule has 6 nitrogen and oxygen atoms in total. The van der Waals surface area contributed by atoms with Gasteiger partial charge in [0.05, 0.1) is 18.9 Å². The first-order valence-electron chi connectivity index (χ1n) is 5.74. The van der Waals surface area contributed by atoms with Crippen LogP contribution in [-0.2, 0) is 14.9 Å². The second-order valence-electron chi connectivity index (χ2n) is 4.15. The fourth-order valence-corrected chi connectivity index (χ4v) is 2.08. The molecule has 0 unspecified atom stereocenters. The zero-order chi connectivity index (χ0) is 17.4. The summed E-state index contributed by atoms with van der Waals surface area (Å²) in [5.41, 5.74) is -5.84. The van der Waals surface area contributed by atoms with Crippen molar-refractivity contribution in [2.75, 3.05) is 7.11 Å². The van der Waals surface area contributed by atoms with E-state index < -0.39 is 38.7 Å². The number of carbonyl (C=O) groups excluding carboxylic acids is 1. The average Bonchev–Trinajstić information content (AvgIpc) is 2.47. The molecule has 0 saturated carbocycles. The number of benzene rings is 1. The molecule has 0 fully saturated rings. The lowest BCUT2D eigenvalue weighted by molar-refractivity contribution is -0.0500. The van der Waals surface area contributed by atoms with Crippen molar-refractivity contribution in [2.45, 2.75) is 5.51 Å². The van der Waals surface area contributed by atoms with E-state index in [2.05, 4.69) is 13.9 Å². The molecule has 0 aliphatic carbocycles. The lowest BCUT2D eigenvalue weighted by atomic mass is 10.1. The Kier molecular flexibility index (Phi) is 4.16. The number of rotatable bonds is 3. The number of ether oxygens (including phenoxy) is 1. The van der Waals surface area contributed by atoms with Crippen molar-refractivity contribution >= 4 is 26.9 Å². The fraction of sp³-hybridized carbons (Fsp3) is 0.167. The summed E-state index contributed by atoms with van der Waals surface area (Å²) < 4.78 is 81.2. The van der Waals surface area contributed by atoms with Gasteiger partial charge in [-0.3, -0.25) is 0 Å². The van der Waals surface area contributed by atoms with Gasteiger partial charge in [-0.25, -0.2) is 14.2 Å². The van der Waals surface area contributed by atoms with Gasteiger partial charge < -0.3 is 8.92 Å². The molecule has 1 aromatic heterocycles. The molecule has 23 heavy (non-hydrogen) atoms. The van der Waals surface area contributed by atoms with Crippen molar-refractivity contribution in [3.8, 4) is 5.88 Å². The Bertz CT molecular complexity index is 879. The largest absolute Gasteiger partial charge is 0.534 e. The van der Waals surface area contributed by atoms with Crippen LogP contribution in [0, 0.1) is 5.82 Å². The predicted molar refractivity (Wildman–Crippen MR) is 68.6 cm³/mol. The molecule has 2 rings (SSSR count). The predicted octanol–water partition coefficient (Wildman–Crippen LogP) is 2.39. The second-order valence-corrected chi connectivity index (χ2v) is 5.68. The summed E-state index contributed by atoms with van der Waals surface area (Å²) in [7, 11) is -4.94. The molecule has 1 aromatic carbocycles. The monoisotopic (exact) mass is 353 g/mol. The molecule has 0 N–H and O–H groups in total. The molecule has 0 bridgehead atoms. The molecule has 2 aromatic rings. The van der Waals surface area contributed by atoms with E-state index in [-0.39, 0.29) is 10.9 Å². The number of aromatic nitrogens is 1. The number of hydrogen-bond donors (Lipinski definition) is 0. The van der Waals surface area contributed by atoms with Crippen molar-refractivity contribution < 1.29 is 39.7 Å². The third-order valence-corrected chi connectivity index (χ3v) is 3.64. The van der Waals surface area contributed by atoms with Crippen molar-refractivity contribution in [1.82, 2.24) is 4.98 Å². The Morgan fingerprint density at radius 3 is 2.43 bits per heavy atom. The first-order chi connectivity index (χ1) is 10.6. The van der Waals surface area contributed by atoms with Crippen LogP contribution in [0.3, 0.4) is 0 Å². The minimum atomic E-state index is -5.99. The van der Waals surface area contributed by atoms with Gasteiger partial charge in [-0.2, -0.15) is 21.6 Å². The SMILES string of the molecule is COC(=O)c1ccc2c(F)cnc(OS(=O)(=O)C(F)(F)F)c2c1. The minimum absolute atomic E-state index is 0.151. The van der Waals surface area contributed by atoms with Crippen LogP contribution < -0.4 is 4.18 Å². The second kappa shape index (κ2) is 5.65. The quantitative estimate of drug-likeness (QED) is 0.365. The highest BCUT2D eigenvalue weighted by atomic mass is 32.2. The van der Waals surface area contributed by atoms with Gasteiger partial charge in [0, 0.05) is 10.8 Å². The molecule has 11 heteroatoms. The molecule has 0 saturated heterocycles. The fourth-order valence-electron chi connectivity index (χ4n) is 1.65. The van der Waals surface area contributed by atoms with E-state index in [1.54, 1.807) is 0 Å². The zero-order valence-corrected chi connectivity index (χ0v) is 12.0. The number of hydrogen-bond acceptors (Lipinski definition) is 6. The highest BCUT2D eigenvalue weighted by molar-refractivity contribution is 7.88. The summed E-state index contributed by atoms with van der Waals surface area (Å²) in [6.07, 6.45) is 0.501. The highest BCUT2D eigenvalue weighted by Crippen LogP contribution is 2.31. The Morgan fingerprint density at radius 1 is 1.22 bits per heavy atom. The molecule has 0 amide bonds. The van der Waals surface area contributed by atoms with Gasteiger partial charge in [-0.1, -0.05) is 6.07 Å². The molecular formula is C12H7F4NO5S. The number of alkyl halides is 3. The van der Waals surface area contributed by atoms with Gasteiger partial charge in [-0.15, -0.1) is 0 Å². The first kappa shape index (κ1) is 16.9. The lowest BCUT2D eigenvalue weighted by Crippen LogP contribution is -2.28. The van der Waals surface area contributed by atoms with Crippen molar-refractivity contribution in [1.29, 1.82) is 0 Å². The number of methoxy groups -OCH3 is 1. The number of nitrogens with zero attached hydrogens (tertiary/aromatic N) is 1. The van der Waals surface area contributed by atoms with Gasteiger partial charge in [0.25, 0.3) is 0 Å². The van der Waals surface area contributed by atoms with Gasteiger partial charge in [0.2, 0.25) is 5.88 Å². The number of carbonyl (C=O) groups is 1. The highest BCUT2D eigenvalue weighted by Gasteiger charge is 2.49. The molecule has 0 radical (unpaired) electrons. The first-order valence-corrected chi connectivity index (χ1v) is 7.15. The maximum Gasteiger partial charge on any atom is 0.534 e. The van der Waals surface area contributed by atoms with Crippen LogP contribution in [0.15, 0.2) is 24.4 Å². The normalized spacial score (nSPS) is 12.2. The molecular weight excluding hydrogens is 346 g/mol. The van der Waals surface area contributed by atoms with E-state index in [4.69, 9.17) is 0 Å². The molecule has 1 heterocycles. The summed E-state index contributed by atoms with van der Waals surface area (Å²) in [6.45, 7) is 0. The van der Waals surface area contributed by atoms with Crippen molar-refractivity contribution in [2.24, 2.45) is 0 Å². The van der Waals surface area contributed by atoms with E-state index >= 15 is 0 Å². The third kappa shape index (κ3) is 3.18. The summed E-state index contributed by atoms with van der Waals surface area (Å²) in [4.78, 5) is 14.6. The molecule has 0 aliphatic rings. The molecule has 0 aliphatic heterocycles. The Hall–Kier alpha value is -2.43. The Balaban J connectivity index is 2.65. The van der Waals surface area contributed by atoms with Crippen LogP contribution in [0.4, 0.5) is 17.6 Å². The molecule has 0 spiro atoms.